The average Bonchev–Trinajstić information content (AvgIpc) is 2.49. The zero-order valence-corrected chi connectivity index (χ0v) is 12.8. The van der Waals surface area contributed by atoms with Crippen LogP contribution in [-0.2, 0) is 20.9 Å². The van der Waals surface area contributed by atoms with Crippen molar-refractivity contribution in [3.05, 3.63) is 59.2 Å². The van der Waals surface area contributed by atoms with Crippen molar-refractivity contribution in [2.45, 2.75) is 18.4 Å². The molecule has 0 atom stereocenters. The molecule has 22 heavy (non-hydrogen) atoms. The van der Waals surface area contributed by atoms with E-state index in [4.69, 9.17) is 8.92 Å². The summed E-state index contributed by atoms with van der Waals surface area (Å²) in [6.07, 6.45) is 0. The normalized spacial score (nSPS) is 11.5. The second kappa shape index (κ2) is 6.41. The summed E-state index contributed by atoms with van der Waals surface area (Å²) in [6, 6.07) is 8.08. The van der Waals surface area contributed by atoms with E-state index in [9.17, 15) is 17.2 Å². The molecule has 0 saturated carbocycles. The molecule has 0 aromatic heterocycles. The molecule has 2 aromatic rings. The van der Waals surface area contributed by atoms with Crippen molar-refractivity contribution in [1.29, 1.82) is 0 Å². The second-order valence-corrected chi connectivity index (χ2v) is 6.19. The number of aryl methyl sites for hydroxylation is 1. The van der Waals surface area contributed by atoms with E-state index < -0.39 is 28.4 Å². The quantitative estimate of drug-likeness (QED) is 0.791. The Kier molecular flexibility index (Phi) is 4.77. The fourth-order valence-corrected chi connectivity index (χ4v) is 2.69. The highest BCUT2D eigenvalue weighted by atomic mass is 32.2. The maximum Gasteiger partial charge on any atom is 0.297 e. The number of hydrogen-bond donors (Lipinski definition) is 0. The van der Waals surface area contributed by atoms with Crippen LogP contribution in [0.25, 0.3) is 0 Å². The lowest BCUT2D eigenvalue weighted by Gasteiger charge is -2.11. The van der Waals surface area contributed by atoms with Gasteiger partial charge in [-0.2, -0.15) is 8.42 Å². The van der Waals surface area contributed by atoms with Gasteiger partial charge in [0.15, 0.2) is 11.6 Å². The predicted molar refractivity (Wildman–Crippen MR) is 76.1 cm³/mol. The topological polar surface area (TPSA) is 52.6 Å². The molecule has 0 aliphatic heterocycles. The molecule has 2 rings (SSSR count). The van der Waals surface area contributed by atoms with Crippen molar-refractivity contribution in [2.24, 2.45) is 0 Å². The Labute approximate surface area is 127 Å². The number of ether oxygens (including phenoxy) is 1. The Morgan fingerprint density at radius 2 is 1.68 bits per heavy atom. The lowest BCUT2D eigenvalue weighted by Crippen LogP contribution is -2.09. The van der Waals surface area contributed by atoms with Crippen LogP contribution in [0.2, 0.25) is 0 Å². The van der Waals surface area contributed by atoms with E-state index in [0.29, 0.717) is 0 Å². The summed E-state index contributed by atoms with van der Waals surface area (Å²) < 4.78 is 60.8. The van der Waals surface area contributed by atoms with Crippen LogP contribution in [0.3, 0.4) is 0 Å². The summed E-state index contributed by atoms with van der Waals surface area (Å²) in [7, 11) is -2.81. The SMILES string of the molecule is COc1ccc(F)c(F)c1COS(=O)(=O)c1ccc(C)cc1. The van der Waals surface area contributed by atoms with Crippen LogP contribution in [0.15, 0.2) is 41.3 Å². The average molecular weight is 328 g/mol. The van der Waals surface area contributed by atoms with Crippen LogP contribution in [0, 0.1) is 18.6 Å². The molecule has 0 aliphatic rings. The highest BCUT2D eigenvalue weighted by Crippen LogP contribution is 2.26. The van der Waals surface area contributed by atoms with Crippen LogP contribution in [-0.4, -0.2) is 15.5 Å². The Balaban J connectivity index is 2.26. The van der Waals surface area contributed by atoms with Crippen molar-refractivity contribution in [3.8, 4) is 5.75 Å². The van der Waals surface area contributed by atoms with Gasteiger partial charge in [-0.05, 0) is 31.2 Å². The predicted octanol–water partition coefficient (Wildman–Crippen LogP) is 3.19. The number of rotatable bonds is 5. The Bertz CT molecular complexity index is 771. The monoisotopic (exact) mass is 328 g/mol. The fraction of sp³-hybridized carbons (Fsp3) is 0.200. The minimum Gasteiger partial charge on any atom is -0.496 e. The van der Waals surface area contributed by atoms with Crippen LogP contribution < -0.4 is 4.74 Å². The Morgan fingerprint density at radius 3 is 2.27 bits per heavy atom. The summed E-state index contributed by atoms with van der Waals surface area (Å²) in [5, 5.41) is 0. The summed E-state index contributed by atoms with van der Waals surface area (Å²) in [5.41, 5.74) is 0.593. The van der Waals surface area contributed by atoms with Crippen molar-refractivity contribution < 1.29 is 26.1 Å². The molecule has 0 unspecified atom stereocenters. The van der Waals surface area contributed by atoms with E-state index in [1.54, 1.807) is 12.1 Å². The van der Waals surface area contributed by atoms with Crippen LogP contribution >= 0.6 is 0 Å². The van der Waals surface area contributed by atoms with Crippen molar-refractivity contribution in [3.63, 3.8) is 0 Å². The van der Waals surface area contributed by atoms with Gasteiger partial charge in [-0.15, -0.1) is 0 Å². The third-order valence-electron chi connectivity index (χ3n) is 3.04. The van der Waals surface area contributed by atoms with Gasteiger partial charge < -0.3 is 4.74 Å². The second-order valence-electron chi connectivity index (χ2n) is 4.57. The molecule has 0 saturated heterocycles. The molecular weight excluding hydrogens is 314 g/mol. The first-order valence-corrected chi connectivity index (χ1v) is 7.73. The van der Waals surface area contributed by atoms with E-state index in [-0.39, 0.29) is 16.2 Å². The summed E-state index contributed by atoms with van der Waals surface area (Å²) >= 11 is 0. The van der Waals surface area contributed by atoms with E-state index in [0.717, 1.165) is 11.6 Å². The highest BCUT2D eigenvalue weighted by Gasteiger charge is 2.20. The molecule has 0 radical (unpaired) electrons. The third-order valence-corrected chi connectivity index (χ3v) is 4.32. The maximum atomic E-state index is 13.7. The first-order valence-electron chi connectivity index (χ1n) is 6.32. The van der Waals surface area contributed by atoms with E-state index in [1.807, 2.05) is 6.92 Å². The van der Waals surface area contributed by atoms with Crippen molar-refractivity contribution >= 4 is 10.1 Å². The molecular formula is C15H14F2O4S. The largest absolute Gasteiger partial charge is 0.496 e. The molecule has 0 amide bonds. The van der Waals surface area contributed by atoms with Crippen LogP contribution in [0.5, 0.6) is 5.75 Å². The lowest BCUT2D eigenvalue weighted by molar-refractivity contribution is 0.289. The molecule has 0 aliphatic carbocycles. The van der Waals surface area contributed by atoms with Crippen molar-refractivity contribution in [1.82, 2.24) is 0 Å². The van der Waals surface area contributed by atoms with E-state index in [2.05, 4.69) is 0 Å². The molecule has 0 spiro atoms. The van der Waals surface area contributed by atoms with Crippen LogP contribution in [0.4, 0.5) is 8.78 Å². The van der Waals surface area contributed by atoms with Gasteiger partial charge in [-0.1, -0.05) is 17.7 Å². The zero-order chi connectivity index (χ0) is 16.3. The summed E-state index contributed by atoms with van der Waals surface area (Å²) in [4.78, 5) is -0.0612. The summed E-state index contributed by atoms with van der Waals surface area (Å²) in [6.45, 7) is 1.15. The van der Waals surface area contributed by atoms with Gasteiger partial charge in [-0.25, -0.2) is 8.78 Å². The standard InChI is InChI=1S/C15H14F2O4S/c1-10-3-5-11(6-4-10)22(18,19)21-9-12-14(20-2)8-7-13(16)15(12)17/h3-8H,9H2,1-2H3. The number of methoxy groups -OCH3 is 1. The van der Waals surface area contributed by atoms with Crippen LogP contribution in [0.1, 0.15) is 11.1 Å². The molecule has 0 N–H and O–H groups in total. The molecule has 118 valence electrons. The molecule has 7 heteroatoms. The van der Waals surface area contributed by atoms with Gasteiger partial charge in [0.25, 0.3) is 10.1 Å². The third kappa shape index (κ3) is 3.42. The highest BCUT2D eigenvalue weighted by molar-refractivity contribution is 7.86. The first-order chi connectivity index (χ1) is 10.3. The van der Waals surface area contributed by atoms with Gasteiger partial charge in [0.1, 0.15) is 5.75 Å². The number of halogens is 2. The summed E-state index contributed by atoms with van der Waals surface area (Å²) in [5.74, 6) is -2.29. The van der Waals surface area contributed by atoms with Crippen molar-refractivity contribution in [2.75, 3.05) is 7.11 Å². The maximum absolute atomic E-state index is 13.7. The van der Waals surface area contributed by atoms with E-state index in [1.165, 1.54) is 25.3 Å². The minimum atomic E-state index is -4.07. The molecule has 0 fully saturated rings. The molecule has 0 bridgehead atoms. The van der Waals surface area contributed by atoms with Gasteiger partial charge in [0, 0.05) is 0 Å². The van der Waals surface area contributed by atoms with Gasteiger partial charge in [0.05, 0.1) is 24.2 Å². The molecule has 2 aromatic carbocycles. The van der Waals surface area contributed by atoms with Gasteiger partial charge in [-0.3, -0.25) is 4.18 Å². The van der Waals surface area contributed by atoms with Gasteiger partial charge in [0.2, 0.25) is 0 Å². The number of benzene rings is 2. The molecule has 4 nitrogen and oxygen atoms in total. The Morgan fingerprint density at radius 1 is 1.05 bits per heavy atom. The molecule has 0 heterocycles. The Hall–Kier alpha value is -1.99. The van der Waals surface area contributed by atoms with Gasteiger partial charge >= 0.3 is 0 Å². The number of hydrogen-bond acceptors (Lipinski definition) is 4. The lowest BCUT2D eigenvalue weighted by atomic mass is 10.2. The smallest absolute Gasteiger partial charge is 0.297 e. The first kappa shape index (κ1) is 16.4. The fourth-order valence-electron chi connectivity index (χ4n) is 1.81. The minimum absolute atomic E-state index is 0.0120. The zero-order valence-electron chi connectivity index (χ0n) is 12.0. The van der Waals surface area contributed by atoms with E-state index >= 15 is 0 Å².